The summed E-state index contributed by atoms with van der Waals surface area (Å²) in [5, 5.41) is 11.7. The zero-order chi connectivity index (χ0) is 27.5. The Labute approximate surface area is 242 Å². The summed E-state index contributed by atoms with van der Waals surface area (Å²) in [6.45, 7) is 2.12. The summed E-state index contributed by atoms with van der Waals surface area (Å²) in [4.78, 5) is 34.5. The molecule has 2 aromatic carbocycles. The van der Waals surface area contributed by atoms with Gasteiger partial charge in [0.05, 0.1) is 41.3 Å². The molecular weight excluding hydrogens is 569 g/mol. The summed E-state index contributed by atoms with van der Waals surface area (Å²) >= 11 is 13.9. The topological polar surface area (TPSA) is 110 Å². The molecule has 0 aliphatic carbocycles. The number of imidazole rings is 1. The van der Waals surface area contributed by atoms with Gasteiger partial charge in [-0.2, -0.15) is 0 Å². The van der Waals surface area contributed by atoms with E-state index in [1.807, 2.05) is 41.0 Å². The molecule has 12 heteroatoms. The zero-order valence-corrected chi connectivity index (χ0v) is 23.4. The van der Waals surface area contributed by atoms with Crippen LogP contribution in [0.5, 0.6) is 0 Å². The molecule has 0 saturated carbocycles. The Morgan fingerprint density at radius 1 is 1.05 bits per heavy atom. The van der Waals surface area contributed by atoms with Crippen LogP contribution in [0.25, 0.3) is 28.1 Å². The van der Waals surface area contributed by atoms with Gasteiger partial charge in [-0.3, -0.25) is 9.59 Å². The third kappa shape index (κ3) is 4.32. The summed E-state index contributed by atoms with van der Waals surface area (Å²) < 4.78 is 3.40. The summed E-state index contributed by atoms with van der Waals surface area (Å²) in [7, 11) is 0. The van der Waals surface area contributed by atoms with Gasteiger partial charge in [0.2, 0.25) is 5.91 Å². The number of carbonyl (C=O) groups is 1. The van der Waals surface area contributed by atoms with E-state index in [1.165, 1.54) is 11.8 Å². The van der Waals surface area contributed by atoms with Crippen molar-refractivity contribution in [3.63, 3.8) is 0 Å². The van der Waals surface area contributed by atoms with E-state index in [9.17, 15) is 9.59 Å². The largest absolute Gasteiger partial charge is 0.340 e. The van der Waals surface area contributed by atoms with Gasteiger partial charge in [-0.25, -0.2) is 9.67 Å². The number of aromatic amines is 1. The van der Waals surface area contributed by atoms with Crippen LogP contribution in [0.2, 0.25) is 10.2 Å². The molecule has 2 N–H and O–H groups in total. The van der Waals surface area contributed by atoms with E-state index in [0.717, 1.165) is 50.9 Å². The second-order valence-electron chi connectivity index (χ2n) is 9.91. The number of hydrogen-bond donors (Lipinski definition) is 2. The third-order valence-corrected chi connectivity index (χ3v) is 8.77. The minimum atomic E-state index is -0.223. The zero-order valence-electron chi connectivity index (χ0n) is 21.1. The fourth-order valence-electron chi connectivity index (χ4n) is 5.46. The number of halogens is 2. The Hall–Kier alpha value is -3.86. The number of H-pyrrole nitrogens is 1. The summed E-state index contributed by atoms with van der Waals surface area (Å²) in [5.41, 5.74) is 5.66. The molecule has 2 atom stereocenters. The number of thioether (sulfide) groups is 1. The van der Waals surface area contributed by atoms with Gasteiger partial charge >= 0.3 is 0 Å². The number of nitrogens with one attached hydrogen (secondary N) is 2. The van der Waals surface area contributed by atoms with E-state index in [2.05, 4.69) is 32.5 Å². The van der Waals surface area contributed by atoms with E-state index in [1.54, 1.807) is 29.2 Å². The van der Waals surface area contributed by atoms with Crippen LogP contribution in [-0.4, -0.2) is 41.2 Å². The maximum atomic E-state index is 13.6. The fraction of sp³-hybridized carbons (Fsp3) is 0.179. The van der Waals surface area contributed by atoms with E-state index < -0.39 is 0 Å². The van der Waals surface area contributed by atoms with Crippen LogP contribution in [0.15, 0.2) is 70.6 Å². The lowest BCUT2D eigenvalue weighted by Gasteiger charge is -2.16. The molecule has 5 heterocycles. The molecule has 0 saturated heterocycles. The number of rotatable bonds is 4. The van der Waals surface area contributed by atoms with Crippen molar-refractivity contribution >= 4 is 46.6 Å². The fourth-order valence-corrected chi connectivity index (χ4v) is 6.60. The highest BCUT2D eigenvalue weighted by molar-refractivity contribution is 8.00. The Balaban J connectivity index is 1.25. The predicted molar refractivity (Wildman–Crippen MR) is 156 cm³/mol. The first-order chi connectivity index (χ1) is 19.3. The average molecular weight is 590 g/mol. The van der Waals surface area contributed by atoms with Crippen molar-refractivity contribution in [1.82, 2.24) is 29.5 Å². The molecule has 40 heavy (non-hydrogen) atoms. The van der Waals surface area contributed by atoms with Gasteiger partial charge < -0.3 is 14.9 Å². The van der Waals surface area contributed by atoms with Crippen LogP contribution in [0, 0.1) is 0 Å². The third-order valence-electron chi connectivity index (χ3n) is 7.31. The number of aromatic nitrogens is 6. The van der Waals surface area contributed by atoms with E-state index in [0.29, 0.717) is 16.5 Å². The highest BCUT2D eigenvalue weighted by Crippen LogP contribution is 2.41. The number of hydrogen-bond acceptors (Lipinski definition) is 6. The molecule has 3 aromatic heterocycles. The molecule has 200 valence electrons. The highest BCUT2D eigenvalue weighted by Gasteiger charge is 2.33. The van der Waals surface area contributed by atoms with Crippen molar-refractivity contribution in [3.05, 3.63) is 93.0 Å². The minimum Gasteiger partial charge on any atom is -0.340 e. The Kier molecular flexibility index (Phi) is 6.06. The Morgan fingerprint density at radius 3 is 2.75 bits per heavy atom. The number of nitrogens with zero attached hydrogens (tertiary/aromatic N) is 5. The first kappa shape index (κ1) is 25.1. The normalized spacial score (nSPS) is 17.9. The number of fused-ring (bicyclic) bond motifs is 2. The van der Waals surface area contributed by atoms with Gasteiger partial charge in [0, 0.05) is 32.8 Å². The molecule has 0 fully saturated rings. The van der Waals surface area contributed by atoms with Crippen molar-refractivity contribution in [2.75, 3.05) is 11.1 Å². The second kappa shape index (κ2) is 9.65. The molecule has 0 radical (unpaired) electrons. The van der Waals surface area contributed by atoms with Crippen molar-refractivity contribution in [1.29, 1.82) is 0 Å². The summed E-state index contributed by atoms with van der Waals surface area (Å²) in [5.74, 6) is 1.26. The Bertz CT molecular complexity index is 1880. The smallest absolute Gasteiger partial charge is 0.252 e. The quantitative estimate of drug-likeness (QED) is 0.268. The molecule has 1 amide bonds. The number of benzene rings is 2. The lowest BCUT2D eigenvalue weighted by molar-refractivity contribution is -0.113. The first-order valence-corrected chi connectivity index (χ1v) is 14.3. The molecule has 0 spiro atoms. The van der Waals surface area contributed by atoms with Crippen molar-refractivity contribution in [2.45, 2.75) is 30.2 Å². The number of anilines is 1. The van der Waals surface area contributed by atoms with Crippen LogP contribution >= 0.6 is 35.0 Å². The van der Waals surface area contributed by atoms with Gasteiger partial charge in [0.15, 0.2) is 5.15 Å². The summed E-state index contributed by atoms with van der Waals surface area (Å²) in [6.07, 6.45) is 4.14. The van der Waals surface area contributed by atoms with E-state index in [-0.39, 0.29) is 28.6 Å². The minimum absolute atomic E-state index is 0.00562. The van der Waals surface area contributed by atoms with Gasteiger partial charge in [-0.15, -0.1) is 16.9 Å². The molecule has 0 bridgehead atoms. The second-order valence-corrected chi connectivity index (χ2v) is 11.7. The van der Waals surface area contributed by atoms with E-state index in [4.69, 9.17) is 23.2 Å². The lowest BCUT2D eigenvalue weighted by atomic mass is 9.99. The van der Waals surface area contributed by atoms with Crippen molar-refractivity contribution in [2.24, 2.45) is 0 Å². The monoisotopic (exact) mass is 589 g/mol. The number of pyridine rings is 1. The van der Waals surface area contributed by atoms with Crippen molar-refractivity contribution in [3.8, 4) is 28.1 Å². The van der Waals surface area contributed by atoms with Gasteiger partial charge in [-0.1, -0.05) is 41.4 Å². The van der Waals surface area contributed by atoms with Crippen LogP contribution < -0.4 is 10.9 Å². The standard InChI is InChI=1S/C28H21Cl2N7O2S/c1-14-6-23(28-31-11-20(33-28)15-2-4-19-24(8-15)40-13-26(38)32-19)37-22(14)7-16(9-27(37)39)18-10-17(29)3-5-21(18)36-12-25(30)34-35-36/h2-5,7-12,14,23H,6,13H2,1H3,(H,31,33)(H,32,38)/t14-,23+/m1/s1. The van der Waals surface area contributed by atoms with Crippen LogP contribution in [-0.2, 0) is 4.79 Å². The number of amides is 1. The molecular formula is C28H21Cl2N7O2S. The molecule has 2 aliphatic rings. The van der Waals surface area contributed by atoms with Gasteiger partial charge in [-0.05, 0) is 54.3 Å². The number of carbonyl (C=O) groups excluding carboxylic acids is 1. The van der Waals surface area contributed by atoms with Gasteiger partial charge in [0.25, 0.3) is 5.56 Å². The first-order valence-electron chi connectivity index (χ1n) is 12.6. The molecule has 5 aromatic rings. The van der Waals surface area contributed by atoms with Crippen LogP contribution in [0.3, 0.4) is 0 Å². The van der Waals surface area contributed by atoms with Crippen LogP contribution in [0.1, 0.15) is 36.8 Å². The maximum absolute atomic E-state index is 13.6. The molecule has 2 aliphatic heterocycles. The predicted octanol–water partition coefficient (Wildman–Crippen LogP) is 5.93. The van der Waals surface area contributed by atoms with Crippen molar-refractivity contribution < 1.29 is 4.79 Å². The maximum Gasteiger partial charge on any atom is 0.252 e. The van der Waals surface area contributed by atoms with Gasteiger partial charge in [0.1, 0.15) is 5.82 Å². The molecule has 7 rings (SSSR count). The highest BCUT2D eigenvalue weighted by atomic mass is 35.5. The van der Waals surface area contributed by atoms with Crippen LogP contribution in [0.4, 0.5) is 5.69 Å². The Morgan fingerprint density at radius 2 is 1.93 bits per heavy atom. The molecule has 0 unspecified atom stereocenters. The summed E-state index contributed by atoms with van der Waals surface area (Å²) in [6, 6.07) is 14.8. The lowest BCUT2D eigenvalue weighted by Crippen LogP contribution is -2.24. The average Bonchev–Trinajstić information content (AvgIpc) is 3.68. The van der Waals surface area contributed by atoms with E-state index >= 15 is 0 Å². The SMILES string of the molecule is C[C@@H]1C[C@@H](c2ncc(-c3ccc4c(c3)SCC(=O)N4)[nH]2)n2c1cc(-c1cc(Cl)ccc1-n1cc(Cl)nn1)cc2=O. The molecule has 9 nitrogen and oxygen atoms in total.